The second kappa shape index (κ2) is 7.65. The molecule has 0 saturated carbocycles. The molecule has 25 heavy (non-hydrogen) atoms. The minimum atomic E-state index is 0.565. The van der Waals surface area contributed by atoms with Crippen LogP contribution in [0.15, 0.2) is 72.8 Å². The van der Waals surface area contributed by atoms with Gasteiger partial charge in [-0.3, -0.25) is 0 Å². The first kappa shape index (κ1) is 17.4. The second-order valence-electron chi connectivity index (χ2n) is 6.42. The Morgan fingerprint density at radius 3 is 1.40 bits per heavy atom. The van der Waals surface area contributed by atoms with E-state index in [-0.39, 0.29) is 0 Å². The van der Waals surface area contributed by atoms with Gasteiger partial charge >= 0.3 is 0 Å². The van der Waals surface area contributed by atoms with Crippen LogP contribution in [0.4, 0.5) is 17.1 Å². The first-order valence-corrected chi connectivity index (χ1v) is 8.69. The van der Waals surface area contributed by atoms with Gasteiger partial charge in [0.1, 0.15) is 15.7 Å². The van der Waals surface area contributed by atoms with Crippen molar-refractivity contribution in [2.75, 3.05) is 4.90 Å². The summed E-state index contributed by atoms with van der Waals surface area (Å²) in [5, 5.41) is 0. The molecule has 0 amide bonds. The van der Waals surface area contributed by atoms with Gasteiger partial charge in [-0.15, -0.1) is 0 Å². The molecule has 0 heterocycles. The van der Waals surface area contributed by atoms with Crippen molar-refractivity contribution < 1.29 is 0 Å². The zero-order valence-electron chi connectivity index (χ0n) is 14.8. The van der Waals surface area contributed by atoms with Crippen LogP contribution in [0.3, 0.4) is 0 Å². The summed E-state index contributed by atoms with van der Waals surface area (Å²) >= 11 is 0. The maximum absolute atomic E-state index is 5.86. The van der Waals surface area contributed by atoms with E-state index in [1.165, 1.54) is 5.56 Å². The van der Waals surface area contributed by atoms with Gasteiger partial charge in [-0.2, -0.15) is 0 Å². The molecule has 4 radical (unpaired) electrons. The first-order chi connectivity index (χ1) is 12.1. The molecular weight excluding hydrogens is 300 g/mol. The van der Waals surface area contributed by atoms with Gasteiger partial charge in [-0.1, -0.05) is 61.2 Å². The normalized spacial score (nSPS) is 11.9. The zero-order valence-corrected chi connectivity index (χ0v) is 14.8. The number of anilines is 3. The summed E-state index contributed by atoms with van der Waals surface area (Å²) in [4.78, 5) is 2.21. The number of hydrogen-bond donors (Lipinski definition) is 0. The van der Waals surface area contributed by atoms with Crippen molar-refractivity contribution in [3.8, 4) is 0 Å². The number of benzene rings is 3. The second-order valence-corrected chi connectivity index (χ2v) is 6.42. The average Bonchev–Trinajstić information content (AvgIpc) is 2.65. The van der Waals surface area contributed by atoms with Crippen molar-refractivity contribution in [1.29, 1.82) is 0 Å². The van der Waals surface area contributed by atoms with Gasteiger partial charge in [0.25, 0.3) is 0 Å². The van der Waals surface area contributed by atoms with Gasteiger partial charge in [-0.05, 0) is 54.3 Å². The number of rotatable bonds is 5. The van der Waals surface area contributed by atoms with Crippen LogP contribution >= 0.6 is 0 Å². The Morgan fingerprint density at radius 1 is 0.680 bits per heavy atom. The summed E-state index contributed by atoms with van der Waals surface area (Å²) in [5.41, 5.74) is 6.12. The van der Waals surface area contributed by atoms with E-state index in [1.54, 1.807) is 0 Å². The van der Waals surface area contributed by atoms with Gasteiger partial charge in [0.15, 0.2) is 0 Å². The van der Waals surface area contributed by atoms with E-state index in [0.29, 0.717) is 5.92 Å². The third-order valence-electron chi connectivity index (χ3n) is 4.64. The molecule has 0 N–H and O–H groups in total. The number of hydrogen-bond acceptors (Lipinski definition) is 1. The molecule has 3 aromatic carbocycles. The molecule has 1 unspecified atom stereocenters. The van der Waals surface area contributed by atoms with Crippen LogP contribution in [0.2, 0.25) is 0 Å². The molecule has 0 bridgehead atoms. The molecule has 0 aliphatic carbocycles. The Morgan fingerprint density at radius 2 is 1.04 bits per heavy atom. The fourth-order valence-corrected chi connectivity index (χ4v) is 2.88. The molecule has 1 nitrogen and oxygen atoms in total. The standard InChI is InChI=1S/C22H21B2N/c1-3-16(2)17-4-10-20(11-5-17)25(21-12-6-18(23)7-13-21)22-14-8-19(24)9-15-22/h4-16H,3H2,1-2H3. The summed E-state index contributed by atoms with van der Waals surface area (Å²) in [7, 11) is 11.7. The predicted molar refractivity (Wildman–Crippen MR) is 111 cm³/mol. The molecule has 120 valence electrons. The molecule has 0 saturated heterocycles. The average molecular weight is 321 g/mol. The molecule has 0 aliphatic heterocycles. The van der Waals surface area contributed by atoms with Crippen LogP contribution in [-0.2, 0) is 0 Å². The van der Waals surface area contributed by atoms with E-state index < -0.39 is 0 Å². The topological polar surface area (TPSA) is 3.24 Å². The Labute approximate surface area is 153 Å². The SMILES string of the molecule is [B]c1ccc(N(c2ccc([B])cc2)c2ccc(C(C)CC)cc2)cc1. The van der Waals surface area contributed by atoms with Crippen LogP contribution in [0, 0.1) is 0 Å². The van der Waals surface area contributed by atoms with Crippen LogP contribution in [0.25, 0.3) is 0 Å². The highest BCUT2D eigenvalue weighted by molar-refractivity contribution is 6.32. The van der Waals surface area contributed by atoms with Gasteiger partial charge in [-0.25, -0.2) is 0 Å². The smallest absolute Gasteiger partial charge is 0.113 e. The lowest BCUT2D eigenvalue weighted by molar-refractivity contribution is 0.733. The largest absolute Gasteiger partial charge is 0.311 e. The van der Waals surface area contributed by atoms with Crippen LogP contribution in [0.5, 0.6) is 0 Å². The predicted octanol–water partition coefficient (Wildman–Crippen LogP) is 4.26. The van der Waals surface area contributed by atoms with Crippen molar-refractivity contribution >= 4 is 43.7 Å². The Bertz CT molecular complexity index is 763. The van der Waals surface area contributed by atoms with Crippen molar-refractivity contribution in [2.24, 2.45) is 0 Å². The van der Waals surface area contributed by atoms with Crippen LogP contribution in [-0.4, -0.2) is 15.7 Å². The monoisotopic (exact) mass is 321 g/mol. The molecule has 3 aromatic rings. The van der Waals surface area contributed by atoms with Gasteiger partial charge < -0.3 is 4.90 Å². The fraction of sp³-hybridized carbons (Fsp3) is 0.182. The Balaban J connectivity index is 2.04. The highest BCUT2D eigenvalue weighted by atomic mass is 15.1. The minimum absolute atomic E-state index is 0.565. The van der Waals surface area contributed by atoms with E-state index in [1.807, 2.05) is 48.5 Å². The lowest BCUT2D eigenvalue weighted by Gasteiger charge is -2.26. The molecule has 0 aliphatic rings. The summed E-state index contributed by atoms with van der Waals surface area (Å²) < 4.78 is 0. The highest BCUT2D eigenvalue weighted by Gasteiger charge is 2.12. The molecule has 1 atom stereocenters. The number of nitrogens with zero attached hydrogens (tertiary/aromatic N) is 1. The van der Waals surface area contributed by atoms with Gasteiger partial charge in [0.2, 0.25) is 0 Å². The molecule has 0 aromatic heterocycles. The van der Waals surface area contributed by atoms with Crippen molar-refractivity contribution in [3.63, 3.8) is 0 Å². The third kappa shape index (κ3) is 3.99. The Hall–Kier alpha value is -2.41. The van der Waals surface area contributed by atoms with Crippen molar-refractivity contribution in [3.05, 3.63) is 78.4 Å². The lowest BCUT2D eigenvalue weighted by Crippen LogP contribution is -2.13. The third-order valence-corrected chi connectivity index (χ3v) is 4.64. The first-order valence-electron chi connectivity index (χ1n) is 8.69. The molecular formula is C22H21B2N. The Kier molecular flexibility index (Phi) is 5.33. The van der Waals surface area contributed by atoms with E-state index in [2.05, 4.69) is 43.0 Å². The molecule has 3 heteroatoms. The van der Waals surface area contributed by atoms with Gasteiger partial charge in [0, 0.05) is 17.1 Å². The highest BCUT2D eigenvalue weighted by Crippen LogP contribution is 2.34. The molecule has 3 rings (SSSR count). The van der Waals surface area contributed by atoms with E-state index >= 15 is 0 Å². The maximum atomic E-state index is 5.86. The van der Waals surface area contributed by atoms with Crippen LogP contribution < -0.4 is 15.8 Å². The van der Waals surface area contributed by atoms with Crippen molar-refractivity contribution in [1.82, 2.24) is 0 Å². The molecule has 0 spiro atoms. The van der Waals surface area contributed by atoms with Gasteiger partial charge in [0.05, 0.1) is 0 Å². The van der Waals surface area contributed by atoms with E-state index in [4.69, 9.17) is 15.7 Å². The minimum Gasteiger partial charge on any atom is -0.311 e. The quantitative estimate of drug-likeness (QED) is 0.635. The maximum Gasteiger partial charge on any atom is 0.113 e. The fourth-order valence-electron chi connectivity index (χ4n) is 2.88. The summed E-state index contributed by atoms with van der Waals surface area (Å²) in [6.07, 6.45) is 1.14. The molecule has 0 fully saturated rings. The lowest BCUT2D eigenvalue weighted by atomic mass is 9.95. The van der Waals surface area contributed by atoms with Crippen molar-refractivity contribution in [2.45, 2.75) is 26.2 Å². The summed E-state index contributed by atoms with van der Waals surface area (Å²) in [6.45, 7) is 4.47. The van der Waals surface area contributed by atoms with E-state index in [0.717, 1.165) is 34.4 Å². The summed E-state index contributed by atoms with van der Waals surface area (Å²) in [6, 6.07) is 24.6. The van der Waals surface area contributed by atoms with E-state index in [9.17, 15) is 0 Å². The zero-order chi connectivity index (χ0) is 17.8. The van der Waals surface area contributed by atoms with Crippen LogP contribution in [0.1, 0.15) is 31.7 Å². The summed E-state index contributed by atoms with van der Waals surface area (Å²) in [5.74, 6) is 0.565.